The number of ether oxygens (including phenoxy) is 3. The predicted molar refractivity (Wildman–Crippen MR) is 80.9 cm³/mol. The molecule has 1 aliphatic rings. The number of benzene rings is 1. The molecule has 0 N–H and O–H groups in total. The first kappa shape index (κ1) is 14.5. The minimum absolute atomic E-state index is 0.654. The summed E-state index contributed by atoms with van der Waals surface area (Å²) in [6.45, 7) is 0. The maximum atomic E-state index is 5.37. The molecule has 0 saturated heterocycles. The molecular weight excluding hydrogens is 252 g/mol. The molecular formula is C17H22O3. The van der Waals surface area contributed by atoms with Crippen molar-refractivity contribution in [2.24, 2.45) is 0 Å². The highest BCUT2D eigenvalue weighted by molar-refractivity contribution is 5.53. The number of hydrogen-bond acceptors (Lipinski definition) is 3. The molecule has 0 aliphatic heterocycles. The van der Waals surface area contributed by atoms with E-state index in [-0.39, 0.29) is 0 Å². The first-order chi connectivity index (χ1) is 9.78. The van der Waals surface area contributed by atoms with Crippen LogP contribution < -0.4 is 14.2 Å². The lowest BCUT2D eigenvalue weighted by molar-refractivity contribution is 0.323. The zero-order valence-corrected chi connectivity index (χ0v) is 12.4. The van der Waals surface area contributed by atoms with Crippen molar-refractivity contribution in [3.8, 4) is 17.2 Å². The Kier molecular flexibility index (Phi) is 5.10. The van der Waals surface area contributed by atoms with Gasteiger partial charge >= 0.3 is 0 Å². The average Bonchev–Trinajstić information content (AvgIpc) is 2.99. The molecule has 3 nitrogen and oxygen atoms in total. The van der Waals surface area contributed by atoms with E-state index in [1.165, 1.54) is 11.1 Å². The minimum atomic E-state index is 0.654. The van der Waals surface area contributed by atoms with Gasteiger partial charge in [0, 0.05) is 0 Å². The molecule has 0 radical (unpaired) electrons. The van der Waals surface area contributed by atoms with Gasteiger partial charge in [0.05, 0.1) is 21.3 Å². The standard InChI is InChI=1S/C17H22O3/c1-18-15-11-14(12-16(19-2)17(15)20-3)10-6-9-13-7-4-5-8-13/h4-5,7,11-12H,6,8-10H2,1-3H3. The maximum Gasteiger partial charge on any atom is 0.203 e. The van der Waals surface area contributed by atoms with E-state index in [4.69, 9.17) is 14.2 Å². The highest BCUT2D eigenvalue weighted by Crippen LogP contribution is 2.38. The predicted octanol–water partition coefficient (Wildman–Crippen LogP) is 3.92. The van der Waals surface area contributed by atoms with Crippen molar-refractivity contribution >= 4 is 0 Å². The third kappa shape index (κ3) is 3.35. The van der Waals surface area contributed by atoms with Crippen molar-refractivity contribution in [2.75, 3.05) is 21.3 Å². The maximum absolute atomic E-state index is 5.37. The topological polar surface area (TPSA) is 27.7 Å². The molecule has 0 saturated carbocycles. The Morgan fingerprint density at radius 2 is 1.65 bits per heavy atom. The van der Waals surface area contributed by atoms with Gasteiger partial charge in [-0.25, -0.2) is 0 Å². The molecule has 0 atom stereocenters. The van der Waals surface area contributed by atoms with E-state index in [2.05, 4.69) is 18.2 Å². The largest absolute Gasteiger partial charge is 0.493 e. The first-order valence-corrected chi connectivity index (χ1v) is 6.92. The van der Waals surface area contributed by atoms with E-state index >= 15 is 0 Å². The van der Waals surface area contributed by atoms with Crippen LogP contribution in [0.2, 0.25) is 0 Å². The van der Waals surface area contributed by atoms with Crippen LogP contribution in [0.5, 0.6) is 17.2 Å². The highest BCUT2D eigenvalue weighted by atomic mass is 16.5. The molecule has 0 aromatic heterocycles. The van der Waals surface area contributed by atoms with Crippen molar-refractivity contribution in [1.82, 2.24) is 0 Å². The molecule has 0 spiro atoms. The summed E-state index contributed by atoms with van der Waals surface area (Å²) < 4.78 is 16.1. The van der Waals surface area contributed by atoms with Crippen LogP contribution >= 0.6 is 0 Å². The normalized spacial score (nSPS) is 13.2. The Labute approximate surface area is 120 Å². The van der Waals surface area contributed by atoms with Crippen LogP contribution in [0.3, 0.4) is 0 Å². The van der Waals surface area contributed by atoms with Crippen molar-refractivity contribution < 1.29 is 14.2 Å². The van der Waals surface area contributed by atoms with Crippen molar-refractivity contribution in [3.05, 3.63) is 41.5 Å². The van der Waals surface area contributed by atoms with Crippen LogP contribution in [0.1, 0.15) is 24.8 Å². The third-order valence-electron chi connectivity index (χ3n) is 3.54. The van der Waals surface area contributed by atoms with Crippen LogP contribution in [0.25, 0.3) is 0 Å². The van der Waals surface area contributed by atoms with Crippen LogP contribution in [0.4, 0.5) is 0 Å². The van der Waals surface area contributed by atoms with Crippen LogP contribution in [0.15, 0.2) is 35.9 Å². The summed E-state index contributed by atoms with van der Waals surface area (Å²) in [6.07, 6.45) is 10.9. The van der Waals surface area contributed by atoms with E-state index in [0.717, 1.165) is 37.2 Å². The van der Waals surface area contributed by atoms with Gasteiger partial charge in [0.15, 0.2) is 11.5 Å². The van der Waals surface area contributed by atoms with E-state index in [0.29, 0.717) is 5.75 Å². The Hall–Kier alpha value is -1.90. The molecule has 3 heteroatoms. The van der Waals surface area contributed by atoms with Crippen LogP contribution in [0, 0.1) is 0 Å². The Morgan fingerprint density at radius 3 is 2.15 bits per heavy atom. The van der Waals surface area contributed by atoms with E-state index in [1.807, 2.05) is 12.1 Å². The van der Waals surface area contributed by atoms with Gasteiger partial charge < -0.3 is 14.2 Å². The summed E-state index contributed by atoms with van der Waals surface area (Å²) >= 11 is 0. The molecule has 1 aromatic rings. The summed E-state index contributed by atoms with van der Waals surface area (Å²) in [5.41, 5.74) is 2.73. The lowest BCUT2D eigenvalue weighted by Crippen LogP contribution is -1.97. The fraction of sp³-hybridized carbons (Fsp3) is 0.412. The van der Waals surface area contributed by atoms with Crippen molar-refractivity contribution in [1.29, 1.82) is 0 Å². The molecule has 0 heterocycles. The van der Waals surface area contributed by atoms with Crippen LogP contribution in [-0.4, -0.2) is 21.3 Å². The molecule has 0 amide bonds. The fourth-order valence-electron chi connectivity index (χ4n) is 2.48. The molecule has 108 valence electrons. The van der Waals surface area contributed by atoms with Crippen LogP contribution in [-0.2, 0) is 6.42 Å². The average molecular weight is 274 g/mol. The second-order valence-electron chi connectivity index (χ2n) is 4.84. The lowest BCUT2D eigenvalue weighted by Gasteiger charge is -2.14. The number of hydrogen-bond donors (Lipinski definition) is 0. The zero-order valence-electron chi connectivity index (χ0n) is 12.4. The molecule has 0 bridgehead atoms. The second-order valence-corrected chi connectivity index (χ2v) is 4.84. The number of rotatable bonds is 7. The summed E-state index contributed by atoms with van der Waals surface area (Å²) in [6, 6.07) is 4.06. The van der Waals surface area contributed by atoms with Gasteiger partial charge in [-0.3, -0.25) is 0 Å². The molecule has 0 unspecified atom stereocenters. The number of allylic oxidation sites excluding steroid dienone is 4. The Bertz CT molecular complexity index is 490. The zero-order chi connectivity index (χ0) is 14.4. The number of methoxy groups -OCH3 is 3. The van der Waals surface area contributed by atoms with E-state index in [1.54, 1.807) is 21.3 Å². The molecule has 2 rings (SSSR count). The molecule has 1 aliphatic carbocycles. The monoisotopic (exact) mass is 274 g/mol. The van der Waals surface area contributed by atoms with Gasteiger partial charge in [-0.2, -0.15) is 0 Å². The summed E-state index contributed by atoms with van der Waals surface area (Å²) in [7, 11) is 4.92. The van der Waals surface area contributed by atoms with Gasteiger partial charge in [-0.15, -0.1) is 0 Å². The van der Waals surface area contributed by atoms with E-state index in [9.17, 15) is 0 Å². The highest BCUT2D eigenvalue weighted by Gasteiger charge is 2.13. The lowest BCUT2D eigenvalue weighted by atomic mass is 10.0. The molecule has 20 heavy (non-hydrogen) atoms. The fourth-order valence-corrected chi connectivity index (χ4v) is 2.48. The number of aryl methyl sites for hydroxylation is 1. The van der Waals surface area contributed by atoms with Gasteiger partial charge in [-0.1, -0.05) is 23.8 Å². The summed E-state index contributed by atoms with van der Waals surface area (Å²) in [5.74, 6) is 2.11. The van der Waals surface area contributed by atoms with Gasteiger partial charge in [-0.05, 0) is 43.4 Å². The second kappa shape index (κ2) is 7.04. The molecule has 0 fully saturated rings. The van der Waals surface area contributed by atoms with E-state index < -0.39 is 0 Å². The smallest absolute Gasteiger partial charge is 0.203 e. The summed E-state index contributed by atoms with van der Waals surface area (Å²) in [5, 5.41) is 0. The third-order valence-corrected chi connectivity index (χ3v) is 3.54. The Balaban J connectivity index is 2.03. The summed E-state index contributed by atoms with van der Waals surface area (Å²) in [4.78, 5) is 0. The SMILES string of the molecule is COc1cc(CCCC2=CC=CC2)cc(OC)c1OC. The quantitative estimate of drug-likeness (QED) is 0.754. The first-order valence-electron chi connectivity index (χ1n) is 6.92. The minimum Gasteiger partial charge on any atom is -0.493 e. The van der Waals surface area contributed by atoms with Gasteiger partial charge in [0.2, 0.25) is 5.75 Å². The van der Waals surface area contributed by atoms with Crippen molar-refractivity contribution in [2.45, 2.75) is 25.7 Å². The Morgan fingerprint density at radius 1 is 0.950 bits per heavy atom. The van der Waals surface area contributed by atoms with Crippen molar-refractivity contribution in [3.63, 3.8) is 0 Å². The van der Waals surface area contributed by atoms with Gasteiger partial charge in [0.25, 0.3) is 0 Å². The molecule has 1 aromatic carbocycles. The van der Waals surface area contributed by atoms with Gasteiger partial charge in [0.1, 0.15) is 0 Å².